The van der Waals surface area contributed by atoms with Gasteiger partial charge >= 0.3 is 5.97 Å². The maximum atomic E-state index is 11.8. The van der Waals surface area contributed by atoms with Crippen LogP contribution in [0.25, 0.3) is 0 Å². The van der Waals surface area contributed by atoms with Crippen LogP contribution in [0.3, 0.4) is 0 Å². The molecule has 4 nitrogen and oxygen atoms in total. The summed E-state index contributed by atoms with van der Waals surface area (Å²) in [4.78, 5) is 22.7. The highest BCUT2D eigenvalue weighted by atomic mass is 16.5. The molecule has 0 radical (unpaired) electrons. The van der Waals surface area contributed by atoms with Gasteiger partial charge in [0.1, 0.15) is 0 Å². The minimum absolute atomic E-state index is 0.0940. The van der Waals surface area contributed by atoms with Crippen molar-refractivity contribution in [2.45, 2.75) is 19.4 Å². The number of Topliss-reactive ketones (excluding diaryl/α,β-unsaturated/α-hetero) is 1. The van der Waals surface area contributed by atoms with Crippen molar-refractivity contribution >= 4 is 11.8 Å². The molecule has 1 atom stereocenters. The van der Waals surface area contributed by atoms with Crippen LogP contribution in [0.4, 0.5) is 0 Å². The molecule has 1 rings (SSSR count). The molecule has 1 aromatic carbocycles. The third kappa shape index (κ3) is 3.17. The Hall–Kier alpha value is -1.68. The standard InChI is InChI=1S/C12H15NO3/c1-8-3-5-9(6-4-8)12(15)10(13)7-11(14)16-2/h3-6,10H,7,13H2,1-2H3. The third-order valence-electron chi connectivity index (χ3n) is 2.29. The van der Waals surface area contributed by atoms with E-state index in [9.17, 15) is 9.59 Å². The van der Waals surface area contributed by atoms with Crippen LogP contribution in [-0.4, -0.2) is 24.9 Å². The lowest BCUT2D eigenvalue weighted by atomic mass is 10.0. The average Bonchev–Trinajstić information content (AvgIpc) is 2.28. The Morgan fingerprint density at radius 1 is 1.31 bits per heavy atom. The molecule has 1 aromatic rings. The molecule has 0 aliphatic carbocycles. The van der Waals surface area contributed by atoms with Crippen LogP contribution in [0, 0.1) is 6.92 Å². The van der Waals surface area contributed by atoms with E-state index in [4.69, 9.17) is 5.73 Å². The van der Waals surface area contributed by atoms with Crippen molar-refractivity contribution in [2.24, 2.45) is 5.73 Å². The number of hydrogen-bond donors (Lipinski definition) is 1. The van der Waals surface area contributed by atoms with Crippen molar-refractivity contribution in [1.82, 2.24) is 0 Å². The number of hydrogen-bond acceptors (Lipinski definition) is 4. The lowest BCUT2D eigenvalue weighted by Gasteiger charge is -2.09. The van der Waals surface area contributed by atoms with Crippen molar-refractivity contribution in [3.05, 3.63) is 35.4 Å². The van der Waals surface area contributed by atoms with Crippen LogP contribution < -0.4 is 5.73 Å². The molecule has 0 saturated carbocycles. The molecular formula is C12H15NO3. The van der Waals surface area contributed by atoms with Gasteiger partial charge in [-0.15, -0.1) is 0 Å². The van der Waals surface area contributed by atoms with Crippen molar-refractivity contribution < 1.29 is 14.3 Å². The molecule has 0 fully saturated rings. The molecule has 0 spiro atoms. The smallest absolute Gasteiger partial charge is 0.307 e. The van der Waals surface area contributed by atoms with E-state index in [1.807, 2.05) is 19.1 Å². The van der Waals surface area contributed by atoms with Crippen LogP contribution in [0.5, 0.6) is 0 Å². The van der Waals surface area contributed by atoms with Crippen molar-refractivity contribution in [3.63, 3.8) is 0 Å². The number of carbonyl (C=O) groups is 2. The Bertz CT molecular complexity index is 384. The van der Waals surface area contributed by atoms with E-state index < -0.39 is 12.0 Å². The molecule has 0 bridgehead atoms. The van der Waals surface area contributed by atoms with Gasteiger partial charge in [-0.05, 0) is 6.92 Å². The van der Waals surface area contributed by atoms with Crippen LogP contribution >= 0.6 is 0 Å². The minimum Gasteiger partial charge on any atom is -0.469 e. The summed E-state index contributed by atoms with van der Waals surface area (Å²) in [6.07, 6.45) is -0.0940. The summed E-state index contributed by atoms with van der Waals surface area (Å²) in [5.41, 5.74) is 7.20. The highest BCUT2D eigenvalue weighted by Crippen LogP contribution is 2.07. The van der Waals surface area contributed by atoms with E-state index in [1.54, 1.807) is 12.1 Å². The highest BCUT2D eigenvalue weighted by Gasteiger charge is 2.19. The van der Waals surface area contributed by atoms with E-state index in [0.717, 1.165) is 5.56 Å². The summed E-state index contributed by atoms with van der Waals surface area (Å²) in [6, 6.07) is 6.23. The molecule has 0 aliphatic rings. The summed E-state index contributed by atoms with van der Waals surface area (Å²) in [5, 5.41) is 0. The normalized spacial score (nSPS) is 11.9. The zero-order valence-corrected chi connectivity index (χ0v) is 9.40. The number of methoxy groups -OCH3 is 1. The predicted molar refractivity (Wildman–Crippen MR) is 60.1 cm³/mol. The number of esters is 1. The van der Waals surface area contributed by atoms with Crippen molar-refractivity contribution in [1.29, 1.82) is 0 Å². The Balaban J connectivity index is 2.70. The van der Waals surface area contributed by atoms with Crippen LogP contribution in [0.15, 0.2) is 24.3 Å². The molecule has 86 valence electrons. The lowest BCUT2D eigenvalue weighted by Crippen LogP contribution is -2.33. The molecule has 0 aliphatic heterocycles. The average molecular weight is 221 g/mol. The van der Waals surface area contributed by atoms with Gasteiger partial charge in [0.2, 0.25) is 0 Å². The van der Waals surface area contributed by atoms with Gasteiger partial charge in [-0.2, -0.15) is 0 Å². The Kier molecular flexibility index (Phi) is 4.19. The Morgan fingerprint density at radius 2 is 1.88 bits per heavy atom. The SMILES string of the molecule is COC(=O)CC(N)C(=O)c1ccc(C)cc1. The van der Waals surface area contributed by atoms with Gasteiger partial charge in [0.05, 0.1) is 19.6 Å². The molecule has 0 heterocycles. The fraction of sp³-hybridized carbons (Fsp3) is 0.333. The fourth-order valence-corrected chi connectivity index (χ4v) is 1.29. The summed E-state index contributed by atoms with van der Waals surface area (Å²) >= 11 is 0. The van der Waals surface area contributed by atoms with Gasteiger partial charge in [0, 0.05) is 5.56 Å². The number of benzene rings is 1. The largest absolute Gasteiger partial charge is 0.469 e. The predicted octanol–water partition coefficient (Wildman–Crippen LogP) is 1.07. The summed E-state index contributed by atoms with van der Waals surface area (Å²) in [5.74, 6) is -0.724. The molecule has 0 saturated heterocycles. The topological polar surface area (TPSA) is 69.4 Å². The van der Waals surface area contributed by atoms with Crippen molar-refractivity contribution in [2.75, 3.05) is 7.11 Å². The zero-order chi connectivity index (χ0) is 12.1. The molecular weight excluding hydrogens is 206 g/mol. The number of carbonyl (C=O) groups excluding carboxylic acids is 2. The number of aryl methyl sites for hydroxylation is 1. The van der Waals surface area contributed by atoms with E-state index in [2.05, 4.69) is 4.74 Å². The minimum atomic E-state index is -0.838. The summed E-state index contributed by atoms with van der Waals surface area (Å²) in [6.45, 7) is 1.93. The van der Waals surface area contributed by atoms with Crippen molar-refractivity contribution in [3.8, 4) is 0 Å². The van der Waals surface area contributed by atoms with Crippen LogP contribution in [0.1, 0.15) is 22.3 Å². The first-order chi connectivity index (χ1) is 7.54. The van der Waals surface area contributed by atoms with E-state index in [1.165, 1.54) is 7.11 Å². The second-order valence-corrected chi connectivity index (χ2v) is 3.62. The van der Waals surface area contributed by atoms with Gasteiger partial charge < -0.3 is 10.5 Å². The second-order valence-electron chi connectivity index (χ2n) is 3.62. The number of ketones is 1. The van der Waals surface area contributed by atoms with Crippen LogP contribution in [0.2, 0.25) is 0 Å². The van der Waals surface area contributed by atoms with Gasteiger partial charge in [0.15, 0.2) is 5.78 Å². The monoisotopic (exact) mass is 221 g/mol. The Labute approximate surface area is 94.4 Å². The molecule has 16 heavy (non-hydrogen) atoms. The molecule has 2 N–H and O–H groups in total. The molecule has 0 aromatic heterocycles. The van der Waals surface area contributed by atoms with E-state index in [-0.39, 0.29) is 12.2 Å². The number of ether oxygens (including phenoxy) is 1. The lowest BCUT2D eigenvalue weighted by molar-refractivity contribution is -0.140. The second kappa shape index (κ2) is 5.42. The van der Waals surface area contributed by atoms with Gasteiger partial charge in [-0.25, -0.2) is 0 Å². The Morgan fingerprint density at radius 3 is 2.38 bits per heavy atom. The molecule has 0 amide bonds. The zero-order valence-electron chi connectivity index (χ0n) is 9.40. The first-order valence-electron chi connectivity index (χ1n) is 4.98. The first kappa shape index (κ1) is 12.4. The fourth-order valence-electron chi connectivity index (χ4n) is 1.29. The van der Waals surface area contributed by atoms with E-state index in [0.29, 0.717) is 5.56 Å². The maximum absolute atomic E-state index is 11.8. The summed E-state index contributed by atoms with van der Waals surface area (Å²) < 4.78 is 4.45. The number of rotatable bonds is 4. The third-order valence-corrected chi connectivity index (χ3v) is 2.29. The maximum Gasteiger partial charge on any atom is 0.307 e. The molecule has 4 heteroatoms. The summed E-state index contributed by atoms with van der Waals surface area (Å²) in [7, 11) is 1.27. The van der Waals surface area contributed by atoms with Crippen LogP contribution in [-0.2, 0) is 9.53 Å². The van der Waals surface area contributed by atoms with Gasteiger partial charge in [0.25, 0.3) is 0 Å². The molecule has 1 unspecified atom stereocenters. The highest BCUT2D eigenvalue weighted by molar-refractivity contribution is 6.01. The van der Waals surface area contributed by atoms with E-state index >= 15 is 0 Å². The first-order valence-corrected chi connectivity index (χ1v) is 4.98. The van der Waals surface area contributed by atoms with Gasteiger partial charge in [-0.1, -0.05) is 29.8 Å². The number of nitrogens with two attached hydrogens (primary N) is 1. The van der Waals surface area contributed by atoms with Gasteiger partial charge in [-0.3, -0.25) is 9.59 Å². The quantitative estimate of drug-likeness (QED) is 0.610.